The van der Waals surface area contributed by atoms with Gasteiger partial charge in [0.05, 0.1) is 30.0 Å². The number of esters is 2. The molecule has 5 saturated carbocycles. The molecule has 6 N–H and O–H groups in total. The quantitative estimate of drug-likeness (QED) is 0.247. The topological polar surface area (TPSA) is 174 Å². The normalized spacial score (nSPS) is 59.5. The Bertz CT molecular complexity index is 1490. The fraction of sp³-hybridized carbons (Fsp3) is 0.733. The molecular formula is C30H34O10. The Morgan fingerprint density at radius 1 is 0.900 bits per heavy atom. The van der Waals surface area contributed by atoms with E-state index in [1.54, 1.807) is 6.92 Å². The van der Waals surface area contributed by atoms with Crippen LogP contribution in [0.2, 0.25) is 0 Å². The van der Waals surface area contributed by atoms with E-state index in [1.165, 1.54) is 6.92 Å². The van der Waals surface area contributed by atoms with E-state index in [1.807, 2.05) is 0 Å². The number of carbonyl (C=O) groups is 2. The van der Waals surface area contributed by atoms with E-state index < -0.39 is 76.5 Å². The molecule has 214 valence electrons. The van der Waals surface area contributed by atoms with Gasteiger partial charge in [-0.05, 0) is 72.8 Å². The fourth-order valence-electron chi connectivity index (χ4n) is 12.0. The second-order valence-corrected chi connectivity index (χ2v) is 14.6. The lowest BCUT2D eigenvalue weighted by molar-refractivity contribution is -0.244. The Hall–Kier alpha value is -2.08. The fourth-order valence-corrected chi connectivity index (χ4v) is 12.0. The van der Waals surface area contributed by atoms with Crippen molar-refractivity contribution in [1.29, 1.82) is 0 Å². The first-order valence-corrected chi connectivity index (χ1v) is 14.5. The van der Waals surface area contributed by atoms with Gasteiger partial charge in [-0.1, -0.05) is 13.8 Å². The van der Waals surface area contributed by atoms with Gasteiger partial charge in [0.1, 0.15) is 6.10 Å². The van der Waals surface area contributed by atoms with Gasteiger partial charge in [-0.15, -0.1) is 0 Å². The summed E-state index contributed by atoms with van der Waals surface area (Å²) < 4.78 is 12.0. The van der Waals surface area contributed by atoms with Crippen LogP contribution in [0, 0.1) is 46.3 Å². The number of hydrogen-bond donors (Lipinski definition) is 6. The number of hydrogen-bond acceptors (Lipinski definition) is 10. The lowest BCUT2D eigenvalue weighted by Gasteiger charge is -2.64. The molecule has 0 bridgehead atoms. The molecule has 13 atom stereocenters. The Morgan fingerprint density at radius 2 is 1.60 bits per heavy atom. The van der Waals surface area contributed by atoms with Gasteiger partial charge < -0.3 is 40.1 Å². The van der Waals surface area contributed by atoms with Crippen molar-refractivity contribution in [3.63, 3.8) is 0 Å². The largest absolute Gasteiger partial charge is 0.446 e. The summed E-state index contributed by atoms with van der Waals surface area (Å²) in [6.07, 6.45) is 0.137. The molecule has 0 radical (unpaired) electrons. The van der Waals surface area contributed by atoms with Crippen molar-refractivity contribution < 1.29 is 49.7 Å². The van der Waals surface area contributed by atoms with Crippen LogP contribution < -0.4 is 0 Å². The summed E-state index contributed by atoms with van der Waals surface area (Å²) in [4.78, 5) is 26.6. The summed E-state index contributed by atoms with van der Waals surface area (Å²) in [5, 5.41) is 69.3. The van der Waals surface area contributed by atoms with Crippen LogP contribution in [-0.2, 0) is 19.1 Å². The van der Waals surface area contributed by atoms with Crippen LogP contribution in [0.3, 0.4) is 0 Å². The smallest absolute Gasteiger partial charge is 0.337 e. The highest BCUT2D eigenvalue weighted by Crippen LogP contribution is 2.84. The second-order valence-electron chi connectivity index (χ2n) is 14.6. The summed E-state index contributed by atoms with van der Waals surface area (Å²) in [5.74, 6) is -5.48. The third kappa shape index (κ3) is 2.00. The van der Waals surface area contributed by atoms with Gasteiger partial charge in [-0.3, -0.25) is 0 Å². The highest BCUT2D eigenvalue weighted by atomic mass is 16.7. The van der Waals surface area contributed by atoms with Crippen LogP contribution >= 0.6 is 0 Å². The molecule has 0 aromatic carbocycles. The van der Waals surface area contributed by atoms with Crippen molar-refractivity contribution in [2.24, 2.45) is 46.3 Å². The van der Waals surface area contributed by atoms with E-state index in [4.69, 9.17) is 9.47 Å². The molecule has 7 aliphatic carbocycles. The number of carbonyl (C=O) groups excluding carboxylic acids is 2. The minimum atomic E-state index is -2.40. The van der Waals surface area contributed by atoms with Crippen molar-refractivity contribution in [2.45, 2.75) is 75.1 Å². The number of ether oxygens (including phenoxy) is 2. The van der Waals surface area contributed by atoms with Crippen LogP contribution in [0.25, 0.3) is 0 Å². The molecule has 2 aliphatic heterocycles. The number of fused-ring (bicyclic) bond motifs is 9. The van der Waals surface area contributed by atoms with Crippen LogP contribution in [0.4, 0.5) is 0 Å². The highest BCUT2D eigenvalue weighted by Gasteiger charge is 2.87. The Labute approximate surface area is 230 Å². The maximum Gasteiger partial charge on any atom is 0.337 e. The zero-order chi connectivity index (χ0) is 28.3. The van der Waals surface area contributed by atoms with Crippen LogP contribution in [-0.4, -0.2) is 84.5 Å². The van der Waals surface area contributed by atoms with Gasteiger partial charge in [0.15, 0.2) is 5.60 Å². The molecule has 5 fully saturated rings. The molecule has 10 nitrogen and oxygen atoms in total. The summed E-state index contributed by atoms with van der Waals surface area (Å²) in [6, 6.07) is 0. The van der Waals surface area contributed by atoms with E-state index in [-0.39, 0.29) is 53.2 Å². The molecule has 0 unspecified atom stereocenters. The molecule has 9 aliphatic rings. The van der Waals surface area contributed by atoms with Crippen LogP contribution in [0.15, 0.2) is 33.4 Å². The van der Waals surface area contributed by atoms with E-state index in [0.717, 1.165) is 0 Å². The Kier molecular flexibility index (Phi) is 3.86. The molecule has 40 heavy (non-hydrogen) atoms. The third-order valence-electron chi connectivity index (χ3n) is 13.7. The molecular weight excluding hydrogens is 520 g/mol. The molecule has 1 spiro atoms. The van der Waals surface area contributed by atoms with E-state index in [0.29, 0.717) is 29.6 Å². The zero-order valence-corrected chi connectivity index (χ0v) is 22.6. The molecule has 0 aromatic heterocycles. The van der Waals surface area contributed by atoms with Gasteiger partial charge in [0.25, 0.3) is 5.79 Å². The number of aliphatic hydroxyl groups is 6. The van der Waals surface area contributed by atoms with E-state index >= 15 is 0 Å². The van der Waals surface area contributed by atoms with Gasteiger partial charge >= 0.3 is 11.9 Å². The highest BCUT2D eigenvalue weighted by molar-refractivity contribution is 5.98. The standard InChI is InChI=1S/C30H34O10/c1-10-19-20-21-26(3,24(35)30(19,38)40-22(10)33)14-5-15(14)27(21,36)7-18-25(2)13-4-16(13)28(37,9-32)17(25)6-12-11(8-31)23(34)39-29(12,18)20/h13-18,24,31-32,35-38H,4-9H2,1-3H3/t13-,14-,15+,16+,17-,18+,24-,25+,26+,27+,28+,29+,30+/m1/s1. The first-order chi connectivity index (χ1) is 18.7. The predicted octanol–water partition coefficient (Wildman–Crippen LogP) is -0.390. The monoisotopic (exact) mass is 554 g/mol. The van der Waals surface area contributed by atoms with Crippen molar-refractivity contribution in [3.8, 4) is 0 Å². The number of rotatable bonds is 2. The van der Waals surface area contributed by atoms with Gasteiger partial charge in [0.2, 0.25) is 0 Å². The Morgan fingerprint density at radius 3 is 2.27 bits per heavy atom. The van der Waals surface area contributed by atoms with Crippen LogP contribution in [0.1, 0.15) is 46.5 Å². The molecule has 10 heteroatoms. The van der Waals surface area contributed by atoms with Crippen molar-refractivity contribution in [1.82, 2.24) is 0 Å². The molecule has 0 saturated heterocycles. The minimum absolute atomic E-state index is 0.00749. The molecule has 0 aromatic rings. The Balaban J connectivity index is 1.43. The molecule has 0 amide bonds. The van der Waals surface area contributed by atoms with Crippen molar-refractivity contribution >= 4 is 11.9 Å². The maximum absolute atomic E-state index is 13.6. The van der Waals surface area contributed by atoms with Gasteiger partial charge in [-0.2, -0.15) is 0 Å². The molecule has 2 heterocycles. The zero-order valence-electron chi connectivity index (χ0n) is 22.6. The summed E-state index contributed by atoms with van der Waals surface area (Å²) >= 11 is 0. The molecule has 9 rings (SSSR count). The first-order valence-electron chi connectivity index (χ1n) is 14.5. The van der Waals surface area contributed by atoms with Crippen molar-refractivity contribution in [2.75, 3.05) is 13.2 Å². The maximum atomic E-state index is 13.6. The first kappa shape index (κ1) is 24.5. The summed E-state index contributed by atoms with van der Waals surface area (Å²) in [5.41, 5.74) is -4.69. The average molecular weight is 555 g/mol. The number of aliphatic hydroxyl groups excluding tert-OH is 3. The second kappa shape index (κ2) is 6.31. The van der Waals surface area contributed by atoms with E-state index in [2.05, 4.69) is 6.92 Å². The van der Waals surface area contributed by atoms with Crippen LogP contribution in [0.5, 0.6) is 0 Å². The summed E-state index contributed by atoms with van der Waals surface area (Å²) in [7, 11) is 0. The van der Waals surface area contributed by atoms with Crippen molar-refractivity contribution in [3.05, 3.63) is 33.4 Å². The average Bonchev–Trinajstić information content (AvgIpc) is 3.80. The van der Waals surface area contributed by atoms with E-state index in [9.17, 15) is 40.2 Å². The minimum Gasteiger partial charge on any atom is -0.446 e. The lowest BCUT2D eigenvalue weighted by atomic mass is 9.42. The van der Waals surface area contributed by atoms with Gasteiger partial charge in [0, 0.05) is 34.0 Å². The third-order valence-corrected chi connectivity index (χ3v) is 13.7. The SMILES string of the molecule is CC1=C2C3=C4[C@](C)([C@@H]5C[C@@H]5[C@@]4(O)C[C@@H]4[C@]35OC(=O)C(CO)=C5C[C@H]3[C@](O)(CO)[C@H]5C[C@H]5[C@]43C)[C@@H](O)[C@@]2(O)OC1=O. The lowest BCUT2D eigenvalue weighted by Crippen LogP contribution is -2.69. The summed E-state index contributed by atoms with van der Waals surface area (Å²) in [6.45, 7) is 4.31. The predicted molar refractivity (Wildman–Crippen MR) is 132 cm³/mol. The van der Waals surface area contributed by atoms with Gasteiger partial charge in [-0.25, -0.2) is 9.59 Å².